The molecule has 0 aliphatic carbocycles. The van der Waals surface area contributed by atoms with E-state index in [-0.39, 0.29) is 27.4 Å². The number of amides is 1. The van der Waals surface area contributed by atoms with Gasteiger partial charge in [0, 0.05) is 13.6 Å². The predicted molar refractivity (Wildman–Crippen MR) is 79.6 cm³/mol. The largest absolute Gasteiger partial charge is 0.355 e. The first-order chi connectivity index (χ1) is 9.30. The lowest BCUT2D eigenvalue weighted by Crippen LogP contribution is -2.38. The molecular weight excluding hydrogens is 323 g/mol. The summed E-state index contributed by atoms with van der Waals surface area (Å²) in [6.07, 6.45) is 0.776. The molecule has 1 aromatic carbocycles. The molecule has 0 radical (unpaired) electrons. The van der Waals surface area contributed by atoms with Gasteiger partial charge in [-0.15, -0.1) is 0 Å². The fourth-order valence-electron chi connectivity index (χ4n) is 1.49. The van der Waals surface area contributed by atoms with Gasteiger partial charge in [-0.2, -0.15) is 4.31 Å². The molecule has 0 aromatic heterocycles. The van der Waals surface area contributed by atoms with Crippen molar-refractivity contribution in [2.45, 2.75) is 18.2 Å². The monoisotopic (exact) mass is 338 g/mol. The van der Waals surface area contributed by atoms with Crippen molar-refractivity contribution < 1.29 is 13.2 Å². The van der Waals surface area contributed by atoms with Gasteiger partial charge in [-0.3, -0.25) is 4.79 Å². The second-order valence-corrected chi connectivity index (χ2v) is 6.96. The van der Waals surface area contributed by atoms with Crippen molar-refractivity contribution in [1.29, 1.82) is 0 Å². The molecule has 0 saturated carbocycles. The summed E-state index contributed by atoms with van der Waals surface area (Å²) in [7, 11) is -2.61. The molecule has 0 aliphatic rings. The zero-order valence-corrected chi connectivity index (χ0v) is 13.5. The van der Waals surface area contributed by atoms with Crippen molar-refractivity contribution >= 4 is 39.1 Å². The van der Waals surface area contributed by atoms with Crippen LogP contribution in [0.25, 0.3) is 0 Å². The molecule has 5 nitrogen and oxygen atoms in total. The second-order valence-electron chi connectivity index (χ2n) is 4.16. The summed E-state index contributed by atoms with van der Waals surface area (Å²) in [6.45, 7) is 2.12. The Kier molecular flexibility index (Phi) is 6.26. The quantitative estimate of drug-likeness (QED) is 0.864. The van der Waals surface area contributed by atoms with E-state index in [9.17, 15) is 13.2 Å². The van der Waals surface area contributed by atoms with Crippen molar-refractivity contribution in [3.8, 4) is 0 Å². The Bertz CT molecular complexity index is 570. The van der Waals surface area contributed by atoms with Crippen LogP contribution < -0.4 is 5.32 Å². The highest BCUT2D eigenvalue weighted by atomic mass is 35.5. The average molecular weight is 339 g/mol. The van der Waals surface area contributed by atoms with Crippen molar-refractivity contribution in [2.75, 3.05) is 20.1 Å². The average Bonchev–Trinajstić information content (AvgIpc) is 2.35. The summed E-state index contributed by atoms with van der Waals surface area (Å²) >= 11 is 11.8. The Labute approximate surface area is 128 Å². The molecule has 8 heteroatoms. The third-order valence-corrected chi connectivity index (χ3v) is 5.29. The fourth-order valence-corrected chi connectivity index (χ4v) is 3.70. The summed E-state index contributed by atoms with van der Waals surface area (Å²) in [4.78, 5) is 11.4. The Morgan fingerprint density at radius 3 is 2.35 bits per heavy atom. The highest BCUT2D eigenvalue weighted by Gasteiger charge is 2.27. The zero-order valence-electron chi connectivity index (χ0n) is 11.2. The van der Waals surface area contributed by atoms with Gasteiger partial charge in [-0.1, -0.05) is 36.2 Å². The lowest BCUT2D eigenvalue weighted by atomic mass is 10.4. The minimum atomic E-state index is -3.91. The highest BCUT2D eigenvalue weighted by molar-refractivity contribution is 7.89. The van der Waals surface area contributed by atoms with Crippen LogP contribution in [0.5, 0.6) is 0 Å². The van der Waals surface area contributed by atoms with Gasteiger partial charge >= 0.3 is 0 Å². The molecule has 0 atom stereocenters. The third kappa shape index (κ3) is 4.09. The fraction of sp³-hybridized carbons (Fsp3) is 0.417. The second kappa shape index (κ2) is 7.26. The lowest BCUT2D eigenvalue weighted by Gasteiger charge is -2.18. The first-order valence-corrected chi connectivity index (χ1v) is 8.17. The molecule has 20 heavy (non-hydrogen) atoms. The van der Waals surface area contributed by atoms with Crippen LogP contribution in [0.3, 0.4) is 0 Å². The molecule has 0 spiro atoms. The van der Waals surface area contributed by atoms with E-state index in [2.05, 4.69) is 5.32 Å². The Hall–Kier alpha value is -0.820. The Morgan fingerprint density at radius 1 is 1.30 bits per heavy atom. The minimum Gasteiger partial charge on any atom is -0.355 e. The molecule has 0 bridgehead atoms. The molecule has 0 aliphatic heterocycles. The molecule has 1 rings (SSSR count). The number of hydrogen-bond donors (Lipinski definition) is 1. The van der Waals surface area contributed by atoms with Crippen LogP contribution >= 0.6 is 23.2 Å². The highest BCUT2D eigenvalue weighted by Crippen LogP contribution is 2.30. The van der Waals surface area contributed by atoms with E-state index in [0.717, 1.165) is 10.7 Å². The predicted octanol–water partition coefficient (Wildman–Crippen LogP) is 2.14. The Balaban J connectivity index is 2.96. The van der Waals surface area contributed by atoms with Crippen LogP contribution in [-0.4, -0.2) is 38.8 Å². The van der Waals surface area contributed by atoms with E-state index in [1.807, 2.05) is 6.92 Å². The molecule has 0 fully saturated rings. The first kappa shape index (κ1) is 17.2. The molecule has 0 saturated heterocycles. The maximum Gasteiger partial charge on any atom is 0.246 e. The van der Waals surface area contributed by atoms with Crippen molar-refractivity contribution in [3.63, 3.8) is 0 Å². The number of carbonyl (C=O) groups excluding carboxylic acids is 1. The van der Waals surface area contributed by atoms with Crippen molar-refractivity contribution in [3.05, 3.63) is 28.2 Å². The van der Waals surface area contributed by atoms with Crippen molar-refractivity contribution in [1.82, 2.24) is 9.62 Å². The van der Waals surface area contributed by atoms with E-state index in [4.69, 9.17) is 23.2 Å². The first-order valence-electron chi connectivity index (χ1n) is 5.97. The van der Waals surface area contributed by atoms with Gasteiger partial charge in [-0.25, -0.2) is 8.42 Å². The van der Waals surface area contributed by atoms with E-state index < -0.39 is 10.0 Å². The molecule has 0 unspecified atom stereocenters. The summed E-state index contributed by atoms with van der Waals surface area (Å²) in [5, 5.41) is 2.66. The van der Waals surface area contributed by atoms with Crippen LogP contribution in [-0.2, 0) is 14.8 Å². The number of halogens is 2. The van der Waals surface area contributed by atoms with E-state index in [1.165, 1.54) is 19.2 Å². The van der Waals surface area contributed by atoms with Gasteiger partial charge in [0.15, 0.2) is 0 Å². The number of hydrogen-bond acceptors (Lipinski definition) is 3. The van der Waals surface area contributed by atoms with E-state index in [0.29, 0.717) is 6.54 Å². The number of likely N-dealkylation sites (N-methyl/N-ethyl adjacent to an activating group) is 1. The zero-order chi connectivity index (χ0) is 15.3. The number of rotatable bonds is 6. The number of benzene rings is 1. The van der Waals surface area contributed by atoms with Gasteiger partial charge in [0.05, 0.1) is 16.6 Å². The smallest absolute Gasteiger partial charge is 0.246 e. The standard InChI is InChI=1S/C12H16Cl2N2O3S/c1-3-7-15-11(17)8-16(2)20(18,19)12-9(13)5-4-6-10(12)14/h4-6H,3,7-8H2,1-2H3,(H,15,17). The summed E-state index contributed by atoms with van der Waals surface area (Å²) < 4.78 is 25.6. The molecular formula is C12H16Cl2N2O3S. The summed E-state index contributed by atoms with van der Waals surface area (Å²) in [5.74, 6) is -0.374. The molecule has 1 aromatic rings. The summed E-state index contributed by atoms with van der Waals surface area (Å²) in [6, 6.07) is 4.42. The lowest BCUT2D eigenvalue weighted by molar-refractivity contribution is -0.121. The minimum absolute atomic E-state index is 0.0262. The van der Waals surface area contributed by atoms with Gasteiger partial charge in [0.1, 0.15) is 4.90 Å². The normalized spacial score (nSPS) is 11.7. The van der Waals surface area contributed by atoms with Gasteiger partial charge < -0.3 is 5.32 Å². The number of sulfonamides is 1. The number of nitrogens with one attached hydrogen (secondary N) is 1. The van der Waals surface area contributed by atoms with E-state index in [1.54, 1.807) is 6.07 Å². The van der Waals surface area contributed by atoms with Crippen LogP contribution in [0.15, 0.2) is 23.1 Å². The molecule has 0 heterocycles. The van der Waals surface area contributed by atoms with Gasteiger partial charge in [-0.05, 0) is 18.6 Å². The Morgan fingerprint density at radius 2 is 1.85 bits per heavy atom. The molecule has 1 N–H and O–H groups in total. The maximum absolute atomic E-state index is 12.4. The van der Waals surface area contributed by atoms with Crippen LogP contribution in [0, 0.1) is 0 Å². The third-order valence-electron chi connectivity index (χ3n) is 2.53. The number of carbonyl (C=O) groups is 1. The maximum atomic E-state index is 12.4. The van der Waals surface area contributed by atoms with Crippen LogP contribution in [0.4, 0.5) is 0 Å². The molecule has 1 amide bonds. The van der Waals surface area contributed by atoms with Crippen molar-refractivity contribution in [2.24, 2.45) is 0 Å². The van der Waals surface area contributed by atoms with Crippen LogP contribution in [0.1, 0.15) is 13.3 Å². The van der Waals surface area contributed by atoms with Gasteiger partial charge in [0.25, 0.3) is 0 Å². The summed E-state index contributed by atoms with van der Waals surface area (Å²) in [5.41, 5.74) is 0. The van der Waals surface area contributed by atoms with Gasteiger partial charge in [0.2, 0.25) is 15.9 Å². The molecule has 112 valence electrons. The van der Waals surface area contributed by atoms with Crippen LogP contribution in [0.2, 0.25) is 10.0 Å². The van der Waals surface area contributed by atoms with E-state index >= 15 is 0 Å². The number of nitrogens with zero attached hydrogens (tertiary/aromatic N) is 1. The topological polar surface area (TPSA) is 66.5 Å². The SMILES string of the molecule is CCCNC(=O)CN(C)S(=O)(=O)c1c(Cl)cccc1Cl.